The van der Waals surface area contributed by atoms with Gasteiger partial charge in [0.15, 0.2) is 0 Å². The van der Waals surface area contributed by atoms with E-state index in [1.54, 1.807) is 6.07 Å². The van der Waals surface area contributed by atoms with Crippen LogP contribution in [0.5, 0.6) is 0 Å². The maximum atomic E-state index is 12.4. The van der Waals surface area contributed by atoms with E-state index in [1.165, 1.54) is 0 Å². The summed E-state index contributed by atoms with van der Waals surface area (Å²) in [4.78, 5) is 12.4. The van der Waals surface area contributed by atoms with Crippen LogP contribution < -0.4 is 5.32 Å². The Balaban J connectivity index is 1.78. The number of hydrogen-bond donors (Lipinski definition) is 1. The van der Waals surface area contributed by atoms with Crippen LogP contribution in [0, 0.1) is 0 Å². The van der Waals surface area contributed by atoms with E-state index in [0.29, 0.717) is 5.56 Å². The molecular formula is C17H17BrN4O. The fourth-order valence-electron chi connectivity index (χ4n) is 2.46. The lowest BCUT2D eigenvalue weighted by atomic mass is 10.1. The molecule has 1 atom stereocenters. The molecule has 0 aliphatic carbocycles. The van der Waals surface area contributed by atoms with E-state index < -0.39 is 0 Å². The molecule has 3 aromatic rings. The predicted octanol–water partition coefficient (Wildman–Crippen LogP) is 3.70. The normalized spacial score (nSPS) is 12.3. The van der Waals surface area contributed by atoms with Crippen molar-refractivity contribution in [2.45, 2.75) is 26.4 Å². The number of nitrogens with zero attached hydrogens (tertiary/aromatic N) is 3. The summed E-state index contributed by atoms with van der Waals surface area (Å²) >= 11 is 3.41. The quantitative estimate of drug-likeness (QED) is 0.759. The molecule has 0 spiro atoms. The van der Waals surface area contributed by atoms with Crippen LogP contribution in [0.4, 0.5) is 0 Å². The Hall–Kier alpha value is -2.21. The number of benzene rings is 2. The molecule has 1 amide bonds. The Morgan fingerprint density at radius 3 is 2.70 bits per heavy atom. The molecule has 0 saturated heterocycles. The van der Waals surface area contributed by atoms with Gasteiger partial charge in [-0.15, -0.1) is 5.10 Å². The molecule has 1 N–H and O–H groups in total. The molecule has 0 fully saturated rings. The summed E-state index contributed by atoms with van der Waals surface area (Å²) in [5, 5.41) is 11.2. The number of fused-ring (bicyclic) bond motifs is 1. The molecule has 1 unspecified atom stereocenters. The summed E-state index contributed by atoms with van der Waals surface area (Å²) in [6.07, 6.45) is 0. The van der Waals surface area contributed by atoms with Crippen LogP contribution in [0.3, 0.4) is 0 Å². The summed E-state index contributed by atoms with van der Waals surface area (Å²) in [5.74, 6) is -0.117. The number of halogens is 1. The number of amides is 1. The highest BCUT2D eigenvalue weighted by molar-refractivity contribution is 9.10. The predicted molar refractivity (Wildman–Crippen MR) is 93.2 cm³/mol. The van der Waals surface area contributed by atoms with Crippen molar-refractivity contribution < 1.29 is 4.79 Å². The van der Waals surface area contributed by atoms with Crippen LogP contribution in [-0.4, -0.2) is 20.9 Å². The lowest BCUT2D eigenvalue weighted by molar-refractivity contribution is 0.0940. The van der Waals surface area contributed by atoms with Crippen molar-refractivity contribution in [3.63, 3.8) is 0 Å². The second kappa shape index (κ2) is 6.50. The first-order valence-corrected chi connectivity index (χ1v) is 8.27. The summed E-state index contributed by atoms with van der Waals surface area (Å²) in [6.45, 7) is 4.73. The third-order valence-electron chi connectivity index (χ3n) is 3.79. The summed E-state index contributed by atoms with van der Waals surface area (Å²) < 4.78 is 2.82. The van der Waals surface area contributed by atoms with Crippen molar-refractivity contribution in [3.05, 3.63) is 58.1 Å². The molecule has 0 aliphatic heterocycles. The van der Waals surface area contributed by atoms with Crippen molar-refractivity contribution in [2.75, 3.05) is 0 Å². The number of carbonyl (C=O) groups excluding carboxylic acids is 1. The highest BCUT2D eigenvalue weighted by Crippen LogP contribution is 2.18. The van der Waals surface area contributed by atoms with Crippen molar-refractivity contribution >= 4 is 32.9 Å². The number of aromatic nitrogens is 3. The Bertz CT molecular complexity index is 841. The SMILES string of the molecule is CCn1nnc2cc(C(=O)NC(C)c3ccc(Br)cc3)ccc21. The zero-order valence-corrected chi connectivity index (χ0v) is 14.5. The van der Waals surface area contributed by atoms with Crippen molar-refractivity contribution in [2.24, 2.45) is 0 Å². The fraction of sp³-hybridized carbons (Fsp3) is 0.235. The molecule has 1 aromatic heterocycles. The minimum Gasteiger partial charge on any atom is -0.346 e. The molecule has 23 heavy (non-hydrogen) atoms. The first kappa shape index (κ1) is 15.7. The maximum absolute atomic E-state index is 12.4. The molecular weight excluding hydrogens is 356 g/mol. The van der Waals surface area contributed by atoms with Crippen LogP contribution in [0.15, 0.2) is 46.9 Å². The third-order valence-corrected chi connectivity index (χ3v) is 4.32. The van der Waals surface area contributed by atoms with Gasteiger partial charge in [0, 0.05) is 16.6 Å². The highest BCUT2D eigenvalue weighted by Gasteiger charge is 2.13. The van der Waals surface area contributed by atoms with Gasteiger partial charge in [0.1, 0.15) is 5.52 Å². The standard InChI is InChI=1S/C17H17BrN4O/c1-3-22-16-9-6-13(10-15(16)20-21-22)17(23)19-11(2)12-4-7-14(18)8-5-12/h4-11H,3H2,1-2H3,(H,19,23). The molecule has 118 valence electrons. The van der Waals surface area contributed by atoms with E-state index in [9.17, 15) is 4.79 Å². The van der Waals surface area contributed by atoms with Crippen LogP contribution in [0.1, 0.15) is 35.8 Å². The Kier molecular flexibility index (Phi) is 4.43. The Labute approximate surface area is 142 Å². The van der Waals surface area contributed by atoms with Gasteiger partial charge in [-0.2, -0.15) is 0 Å². The van der Waals surface area contributed by atoms with Gasteiger partial charge in [-0.3, -0.25) is 4.79 Å². The first-order valence-electron chi connectivity index (χ1n) is 7.48. The van der Waals surface area contributed by atoms with Gasteiger partial charge in [0.05, 0.1) is 11.6 Å². The second-order valence-electron chi connectivity index (χ2n) is 5.36. The minimum absolute atomic E-state index is 0.0716. The zero-order chi connectivity index (χ0) is 16.4. The third kappa shape index (κ3) is 3.27. The molecule has 6 heteroatoms. The first-order chi connectivity index (χ1) is 11.1. The van der Waals surface area contributed by atoms with Crippen molar-refractivity contribution in [1.82, 2.24) is 20.3 Å². The average Bonchev–Trinajstić information content (AvgIpc) is 2.97. The van der Waals surface area contributed by atoms with Crippen LogP contribution in [-0.2, 0) is 6.54 Å². The van der Waals surface area contributed by atoms with E-state index in [-0.39, 0.29) is 11.9 Å². The van der Waals surface area contributed by atoms with Gasteiger partial charge in [-0.05, 0) is 49.7 Å². The van der Waals surface area contributed by atoms with E-state index in [1.807, 2.05) is 54.9 Å². The Morgan fingerprint density at radius 2 is 2.00 bits per heavy atom. The van der Waals surface area contributed by atoms with E-state index >= 15 is 0 Å². The van der Waals surface area contributed by atoms with Crippen LogP contribution in [0.25, 0.3) is 11.0 Å². The number of nitrogens with one attached hydrogen (secondary N) is 1. The molecule has 0 aliphatic rings. The van der Waals surface area contributed by atoms with Crippen molar-refractivity contribution in [3.8, 4) is 0 Å². The number of hydrogen-bond acceptors (Lipinski definition) is 3. The summed E-state index contributed by atoms with van der Waals surface area (Å²) in [5.41, 5.74) is 3.31. The minimum atomic E-state index is -0.117. The zero-order valence-electron chi connectivity index (χ0n) is 13.0. The van der Waals surface area contributed by atoms with Crippen molar-refractivity contribution in [1.29, 1.82) is 0 Å². The largest absolute Gasteiger partial charge is 0.346 e. The second-order valence-corrected chi connectivity index (χ2v) is 6.27. The maximum Gasteiger partial charge on any atom is 0.251 e. The molecule has 1 heterocycles. The van der Waals surface area contributed by atoms with E-state index in [0.717, 1.165) is 27.6 Å². The summed E-state index contributed by atoms with van der Waals surface area (Å²) in [7, 11) is 0. The van der Waals surface area contributed by atoms with Gasteiger partial charge in [-0.25, -0.2) is 4.68 Å². The van der Waals surface area contributed by atoms with Crippen LogP contribution in [0.2, 0.25) is 0 Å². The van der Waals surface area contributed by atoms with Gasteiger partial charge in [0.25, 0.3) is 5.91 Å². The summed E-state index contributed by atoms with van der Waals surface area (Å²) in [6, 6.07) is 13.3. The van der Waals surface area contributed by atoms with Gasteiger partial charge >= 0.3 is 0 Å². The molecule has 0 saturated carbocycles. The average molecular weight is 373 g/mol. The van der Waals surface area contributed by atoms with Gasteiger partial charge in [-0.1, -0.05) is 33.3 Å². The lowest BCUT2D eigenvalue weighted by Crippen LogP contribution is -2.26. The fourth-order valence-corrected chi connectivity index (χ4v) is 2.73. The topological polar surface area (TPSA) is 59.8 Å². The lowest BCUT2D eigenvalue weighted by Gasteiger charge is -2.14. The molecule has 2 aromatic carbocycles. The van der Waals surface area contributed by atoms with Gasteiger partial charge < -0.3 is 5.32 Å². The number of carbonyl (C=O) groups is 1. The van der Waals surface area contributed by atoms with Gasteiger partial charge in [0.2, 0.25) is 0 Å². The molecule has 0 radical (unpaired) electrons. The molecule has 5 nitrogen and oxygen atoms in total. The highest BCUT2D eigenvalue weighted by atomic mass is 79.9. The smallest absolute Gasteiger partial charge is 0.251 e. The van der Waals surface area contributed by atoms with Crippen LogP contribution >= 0.6 is 15.9 Å². The van der Waals surface area contributed by atoms with E-state index in [4.69, 9.17) is 0 Å². The molecule has 3 rings (SSSR count). The number of aryl methyl sites for hydroxylation is 1. The van der Waals surface area contributed by atoms with E-state index in [2.05, 4.69) is 31.6 Å². The number of rotatable bonds is 4. The molecule has 0 bridgehead atoms. The monoisotopic (exact) mass is 372 g/mol. The Morgan fingerprint density at radius 1 is 1.26 bits per heavy atom.